The second kappa shape index (κ2) is 11.9. The lowest BCUT2D eigenvalue weighted by Gasteiger charge is -2.07. The van der Waals surface area contributed by atoms with Crippen molar-refractivity contribution in [3.63, 3.8) is 0 Å². The highest BCUT2D eigenvalue weighted by Crippen LogP contribution is 2.16. The van der Waals surface area contributed by atoms with Crippen LogP contribution in [0.1, 0.15) is 32.6 Å². The van der Waals surface area contributed by atoms with E-state index in [0.29, 0.717) is 29.5 Å². The SMILES string of the molecule is Cc1ccc(COc2ccc(C(=O)N/N=C\c3ccc(OCc4ccc(Cl)cc4)cc3)cc2)cc1. The molecule has 0 atom stereocenters. The molecule has 0 aliphatic heterocycles. The van der Waals surface area contributed by atoms with E-state index in [1.807, 2.05) is 60.7 Å². The van der Waals surface area contributed by atoms with Crippen LogP contribution in [0.3, 0.4) is 0 Å². The zero-order chi connectivity index (χ0) is 24.5. The number of carbonyl (C=O) groups excluding carboxylic acids is 1. The largest absolute Gasteiger partial charge is 0.489 e. The Morgan fingerprint density at radius 2 is 1.29 bits per heavy atom. The lowest BCUT2D eigenvalue weighted by Crippen LogP contribution is -2.17. The summed E-state index contributed by atoms with van der Waals surface area (Å²) in [5.41, 5.74) is 7.21. The molecule has 1 N–H and O–H groups in total. The van der Waals surface area contributed by atoms with Gasteiger partial charge in [0.2, 0.25) is 0 Å². The Labute approximate surface area is 210 Å². The number of rotatable bonds is 9. The average molecular weight is 485 g/mol. The van der Waals surface area contributed by atoms with Gasteiger partial charge in [0, 0.05) is 10.6 Å². The van der Waals surface area contributed by atoms with Gasteiger partial charge in [0.1, 0.15) is 24.7 Å². The van der Waals surface area contributed by atoms with Gasteiger partial charge in [-0.3, -0.25) is 4.79 Å². The number of ether oxygens (including phenoxy) is 2. The van der Waals surface area contributed by atoms with Crippen molar-refractivity contribution in [2.24, 2.45) is 5.10 Å². The van der Waals surface area contributed by atoms with Crippen LogP contribution in [0.5, 0.6) is 11.5 Å². The van der Waals surface area contributed by atoms with Crippen molar-refractivity contribution in [3.05, 3.63) is 130 Å². The van der Waals surface area contributed by atoms with Crippen molar-refractivity contribution in [2.75, 3.05) is 0 Å². The molecule has 4 aromatic carbocycles. The van der Waals surface area contributed by atoms with Gasteiger partial charge in [0.25, 0.3) is 5.91 Å². The molecule has 0 aliphatic rings. The first kappa shape index (κ1) is 24.0. The van der Waals surface area contributed by atoms with Crippen LogP contribution in [-0.2, 0) is 13.2 Å². The lowest BCUT2D eigenvalue weighted by atomic mass is 10.2. The van der Waals surface area contributed by atoms with Crippen LogP contribution in [-0.4, -0.2) is 12.1 Å². The Hall–Kier alpha value is -4.09. The zero-order valence-electron chi connectivity index (χ0n) is 19.3. The molecule has 0 bridgehead atoms. The third-order valence-corrected chi connectivity index (χ3v) is 5.47. The number of hydrogen-bond acceptors (Lipinski definition) is 4. The fourth-order valence-electron chi connectivity index (χ4n) is 3.18. The maximum atomic E-state index is 12.4. The molecule has 0 heterocycles. The fourth-order valence-corrected chi connectivity index (χ4v) is 3.31. The number of amides is 1. The number of nitrogens with one attached hydrogen (secondary N) is 1. The molecule has 6 heteroatoms. The third kappa shape index (κ3) is 7.45. The van der Waals surface area contributed by atoms with Crippen molar-refractivity contribution in [1.82, 2.24) is 5.43 Å². The van der Waals surface area contributed by atoms with E-state index in [1.165, 1.54) is 5.56 Å². The zero-order valence-corrected chi connectivity index (χ0v) is 20.0. The van der Waals surface area contributed by atoms with Crippen LogP contribution in [0, 0.1) is 6.92 Å². The van der Waals surface area contributed by atoms with Gasteiger partial charge in [-0.1, -0.05) is 53.6 Å². The summed E-state index contributed by atoms with van der Waals surface area (Å²) in [7, 11) is 0. The van der Waals surface area contributed by atoms with E-state index >= 15 is 0 Å². The second-order valence-corrected chi connectivity index (χ2v) is 8.42. The molecule has 0 radical (unpaired) electrons. The van der Waals surface area contributed by atoms with Crippen LogP contribution < -0.4 is 14.9 Å². The number of hydrazone groups is 1. The van der Waals surface area contributed by atoms with E-state index in [-0.39, 0.29) is 5.91 Å². The second-order valence-electron chi connectivity index (χ2n) is 7.98. The number of nitrogens with zero attached hydrogens (tertiary/aromatic N) is 1. The Balaban J connectivity index is 1.23. The van der Waals surface area contributed by atoms with Gasteiger partial charge >= 0.3 is 0 Å². The monoisotopic (exact) mass is 484 g/mol. The number of hydrogen-bond donors (Lipinski definition) is 1. The highest BCUT2D eigenvalue weighted by atomic mass is 35.5. The molecule has 5 nitrogen and oxygen atoms in total. The van der Waals surface area contributed by atoms with Crippen molar-refractivity contribution >= 4 is 23.7 Å². The molecule has 0 spiro atoms. The number of benzene rings is 4. The minimum absolute atomic E-state index is 0.297. The molecule has 35 heavy (non-hydrogen) atoms. The summed E-state index contributed by atoms with van der Waals surface area (Å²) in [6, 6.07) is 30.1. The molecule has 176 valence electrons. The van der Waals surface area contributed by atoms with Crippen molar-refractivity contribution in [2.45, 2.75) is 20.1 Å². The first-order valence-corrected chi connectivity index (χ1v) is 11.5. The van der Waals surface area contributed by atoms with Gasteiger partial charge in [-0.15, -0.1) is 0 Å². The first-order valence-electron chi connectivity index (χ1n) is 11.1. The van der Waals surface area contributed by atoms with Gasteiger partial charge in [-0.05, 0) is 84.3 Å². The average Bonchev–Trinajstić information content (AvgIpc) is 2.89. The summed E-state index contributed by atoms with van der Waals surface area (Å²) in [6.07, 6.45) is 1.58. The lowest BCUT2D eigenvalue weighted by molar-refractivity contribution is 0.0955. The maximum absolute atomic E-state index is 12.4. The number of halogens is 1. The summed E-state index contributed by atoms with van der Waals surface area (Å²) < 4.78 is 11.6. The Morgan fingerprint density at radius 3 is 1.86 bits per heavy atom. The van der Waals surface area contributed by atoms with Gasteiger partial charge in [0.05, 0.1) is 6.21 Å². The topological polar surface area (TPSA) is 59.9 Å². The van der Waals surface area contributed by atoms with Gasteiger partial charge < -0.3 is 9.47 Å². The smallest absolute Gasteiger partial charge is 0.271 e. The Kier molecular flexibility index (Phi) is 8.15. The maximum Gasteiger partial charge on any atom is 0.271 e. The Morgan fingerprint density at radius 1 is 0.771 bits per heavy atom. The van der Waals surface area contributed by atoms with Crippen LogP contribution >= 0.6 is 11.6 Å². The van der Waals surface area contributed by atoms with E-state index in [9.17, 15) is 4.79 Å². The van der Waals surface area contributed by atoms with Crippen molar-refractivity contribution in [1.29, 1.82) is 0 Å². The highest BCUT2D eigenvalue weighted by molar-refractivity contribution is 6.30. The summed E-state index contributed by atoms with van der Waals surface area (Å²) in [6.45, 7) is 2.98. The first-order chi connectivity index (χ1) is 17.0. The quantitative estimate of drug-likeness (QED) is 0.216. The fraction of sp³-hybridized carbons (Fsp3) is 0.103. The number of aryl methyl sites for hydroxylation is 1. The van der Waals surface area contributed by atoms with E-state index in [1.54, 1.807) is 30.5 Å². The predicted molar refractivity (Wildman–Crippen MR) is 139 cm³/mol. The third-order valence-electron chi connectivity index (χ3n) is 5.22. The normalized spacial score (nSPS) is 10.8. The van der Waals surface area contributed by atoms with Gasteiger partial charge in [-0.25, -0.2) is 5.43 Å². The molecule has 0 aliphatic carbocycles. The van der Waals surface area contributed by atoms with E-state index in [4.69, 9.17) is 21.1 Å². The van der Waals surface area contributed by atoms with Crippen LogP contribution in [0.2, 0.25) is 5.02 Å². The van der Waals surface area contributed by atoms with Gasteiger partial charge in [-0.2, -0.15) is 5.10 Å². The Bertz CT molecular complexity index is 1270. The summed E-state index contributed by atoms with van der Waals surface area (Å²) >= 11 is 5.90. The molecule has 1 amide bonds. The van der Waals surface area contributed by atoms with Crippen LogP contribution in [0.15, 0.2) is 102 Å². The van der Waals surface area contributed by atoms with E-state index < -0.39 is 0 Å². The summed E-state index contributed by atoms with van der Waals surface area (Å²) in [5, 5.41) is 4.74. The highest BCUT2D eigenvalue weighted by Gasteiger charge is 2.05. The minimum Gasteiger partial charge on any atom is -0.489 e. The molecule has 0 saturated carbocycles. The molecule has 0 aromatic heterocycles. The van der Waals surface area contributed by atoms with Crippen molar-refractivity contribution < 1.29 is 14.3 Å². The van der Waals surface area contributed by atoms with E-state index in [2.05, 4.69) is 29.6 Å². The summed E-state index contributed by atoms with van der Waals surface area (Å²) in [4.78, 5) is 12.4. The minimum atomic E-state index is -0.297. The van der Waals surface area contributed by atoms with Crippen LogP contribution in [0.25, 0.3) is 0 Å². The molecular weight excluding hydrogens is 460 g/mol. The molecule has 0 fully saturated rings. The summed E-state index contributed by atoms with van der Waals surface area (Å²) in [5.74, 6) is 1.14. The number of carbonyl (C=O) groups is 1. The predicted octanol–water partition coefficient (Wildman–Crippen LogP) is 6.57. The molecule has 4 rings (SSSR count). The van der Waals surface area contributed by atoms with Crippen LogP contribution in [0.4, 0.5) is 0 Å². The molecule has 4 aromatic rings. The molecule has 0 saturated heterocycles. The van der Waals surface area contributed by atoms with Crippen molar-refractivity contribution in [3.8, 4) is 11.5 Å². The molecular formula is C29H25ClN2O3. The molecule has 0 unspecified atom stereocenters. The van der Waals surface area contributed by atoms with Gasteiger partial charge in [0.15, 0.2) is 0 Å². The standard InChI is InChI=1S/C29H25ClN2O3/c1-21-2-4-23(5-3-21)19-35-28-16-10-25(11-17-28)29(33)32-31-18-22-8-14-27(15-9-22)34-20-24-6-12-26(30)13-7-24/h2-18H,19-20H2,1H3,(H,32,33)/b31-18-. The van der Waals surface area contributed by atoms with E-state index in [0.717, 1.165) is 22.4 Å².